The molecule has 3 aromatic rings. The molecule has 0 atom stereocenters. The summed E-state index contributed by atoms with van der Waals surface area (Å²) < 4.78 is 3.45. The molecule has 0 unspecified atom stereocenters. The van der Waals surface area contributed by atoms with Gasteiger partial charge in [-0.2, -0.15) is 0 Å². The number of nitrogens with zero attached hydrogens (tertiary/aromatic N) is 2. The average molecular weight is 436 g/mol. The molecule has 7 heteroatoms. The quantitative estimate of drug-likeness (QED) is 0.517. The van der Waals surface area contributed by atoms with Crippen LogP contribution in [0, 0.1) is 0 Å². The topological polar surface area (TPSA) is 43.8 Å². The molecule has 20 heavy (non-hydrogen) atoms. The second-order valence-electron chi connectivity index (χ2n) is 4.13. The van der Waals surface area contributed by atoms with Crippen molar-refractivity contribution in [1.82, 2.24) is 9.55 Å². The molecule has 1 heterocycles. The van der Waals surface area contributed by atoms with Crippen LogP contribution in [0.15, 0.2) is 39.3 Å². The minimum absolute atomic E-state index is 0.360. The second kappa shape index (κ2) is 5.22. The van der Waals surface area contributed by atoms with Crippen LogP contribution in [0.3, 0.4) is 0 Å². The van der Waals surface area contributed by atoms with E-state index >= 15 is 0 Å². The largest absolute Gasteiger partial charge is 0.369 e. The fraction of sp³-hybridized carbons (Fsp3) is 0. The maximum atomic E-state index is 6.32. The van der Waals surface area contributed by atoms with Gasteiger partial charge in [0.15, 0.2) is 0 Å². The van der Waals surface area contributed by atoms with Crippen molar-refractivity contribution >= 4 is 72.0 Å². The van der Waals surface area contributed by atoms with E-state index in [1.165, 1.54) is 0 Å². The van der Waals surface area contributed by atoms with Gasteiger partial charge in [-0.25, -0.2) is 4.98 Å². The highest BCUT2D eigenvalue weighted by atomic mass is 79.9. The molecule has 3 nitrogen and oxygen atoms in total. The molecule has 1 aromatic heterocycles. The van der Waals surface area contributed by atoms with E-state index in [-0.39, 0.29) is 0 Å². The lowest BCUT2D eigenvalue weighted by Crippen LogP contribution is -2.01. The Kier molecular flexibility index (Phi) is 3.71. The maximum absolute atomic E-state index is 6.32. The number of hydrogen-bond acceptors (Lipinski definition) is 2. The van der Waals surface area contributed by atoms with Crippen LogP contribution in [0.1, 0.15) is 0 Å². The number of nitrogens with two attached hydrogens (primary N) is 1. The number of imidazole rings is 1. The maximum Gasteiger partial charge on any atom is 0.205 e. The minimum Gasteiger partial charge on any atom is -0.369 e. The van der Waals surface area contributed by atoms with Gasteiger partial charge in [0.25, 0.3) is 0 Å². The molecule has 0 saturated heterocycles. The lowest BCUT2D eigenvalue weighted by molar-refractivity contribution is 1.11. The van der Waals surface area contributed by atoms with E-state index < -0.39 is 0 Å². The number of aromatic nitrogens is 2. The zero-order valence-electron chi connectivity index (χ0n) is 9.87. The summed E-state index contributed by atoms with van der Waals surface area (Å²) >= 11 is 19.3. The van der Waals surface area contributed by atoms with E-state index in [1.54, 1.807) is 4.57 Å². The first kappa shape index (κ1) is 14.2. The van der Waals surface area contributed by atoms with Gasteiger partial charge >= 0.3 is 0 Å². The highest BCUT2D eigenvalue weighted by Crippen LogP contribution is 2.37. The van der Waals surface area contributed by atoms with E-state index in [0.717, 1.165) is 20.0 Å². The predicted molar refractivity (Wildman–Crippen MR) is 90.9 cm³/mol. The van der Waals surface area contributed by atoms with Crippen LogP contribution in [0.25, 0.3) is 16.7 Å². The molecule has 0 bridgehead atoms. The Labute approximate surface area is 141 Å². The first-order valence-corrected chi connectivity index (χ1v) is 7.90. The Bertz CT molecular complexity index is 830. The third-order valence-corrected chi connectivity index (χ3v) is 5.15. The molecule has 0 radical (unpaired) electrons. The van der Waals surface area contributed by atoms with Crippen molar-refractivity contribution in [2.75, 3.05) is 5.73 Å². The van der Waals surface area contributed by atoms with Crippen molar-refractivity contribution in [3.05, 3.63) is 49.3 Å². The van der Waals surface area contributed by atoms with Crippen LogP contribution in [-0.2, 0) is 0 Å². The van der Waals surface area contributed by atoms with Crippen molar-refractivity contribution in [3.63, 3.8) is 0 Å². The smallest absolute Gasteiger partial charge is 0.205 e. The van der Waals surface area contributed by atoms with Gasteiger partial charge in [-0.1, -0.05) is 39.1 Å². The molecule has 0 aliphatic heterocycles. The number of benzene rings is 2. The van der Waals surface area contributed by atoms with Crippen LogP contribution in [0.2, 0.25) is 10.0 Å². The fourth-order valence-electron chi connectivity index (χ4n) is 2.01. The van der Waals surface area contributed by atoms with E-state index in [4.69, 9.17) is 28.9 Å². The molecule has 2 N–H and O–H groups in total. The second-order valence-corrected chi connectivity index (χ2v) is 6.66. The van der Waals surface area contributed by atoms with Gasteiger partial charge in [0.2, 0.25) is 5.95 Å². The molecule has 0 aliphatic carbocycles. The number of hydrogen-bond donors (Lipinski definition) is 1. The highest BCUT2D eigenvalue weighted by molar-refractivity contribution is 9.10. The summed E-state index contributed by atoms with van der Waals surface area (Å²) in [5.41, 5.74) is 8.36. The summed E-state index contributed by atoms with van der Waals surface area (Å²) in [5, 5.41) is 0.868. The fourth-order valence-corrected chi connectivity index (χ4v) is 3.21. The molecule has 0 amide bonds. The molecular formula is C13H7Br2Cl2N3. The van der Waals surface area contributed by atoms with Crippen molar-refractivity contribution in [2.24, 2.45) is 0 Å². The summed E-state index contributed by atoms with van der Waals surface area (Å²) in [6.07, 6.45) is 0. The van der Waals surface area contributed by atoms with Crippen LogP contribution in [0.5, 0.6) is 0 Å². The molecular weight excluding hydrogens is 429 g/mol. The number of rotatable bonds is 1. The average Bonchev–Trinajstić information content (AvgIpc) is 2.72. The van der Waals surface area contributed by atoms with Crippen LogP contribution in [0.4, 0.5) is 5.95 Å². The summed E-state index contributed by atoms with van der Waals surface area (Å²) in [7, 11) is 0. The highest BCUT2D eigenvalue weighted by Gasteiger charge is 2.16. The molecule has 0 saturated carbocycles. The number of nitrogen functional groups attached to an aromatic ring is 1. The van der Waals surface area contributed by atoms with Gasteiger partial charge in [0.1, 0.15) is 0 Å². The normalized spacial score (nSPS) is 11.2. The Morgan fingerprint density at radius 3 is 2.55 bits per heavy atom. The monoisotopic (exact) mass is 433 g/mol. The van der Waals surface area contributed by atoms with Crippen LogP contribution < -0.4 is 5.73 Å². The lowest BCUT2D eigenvalue weighted by Gasteiger charge is -2.11. The summed E-state index contributed by atoms with van der Waals surface area (Å²) in [4.78, 5) is 4.33. The first-order chi connectivity index (χ1) is 9.49. The van der Waals surface area contributed by atoms with Gasteiger partial charge in [0.05, 0.1) is 26.8 Å². The van der Waals surface area contributed by atoms with E-state index in [2.05, 4.69) is 36.8 Å². The van der Waals surface area contributed by atoms with Gasteiger partial charge in [-0.3, -0.25) is 4.57 Å². The molecule has 102 valence electrons. The van der Waals surface area contributed by atoms with Gasteiger partial charge in [0, 0.05) is 8.95 Å². The summed E-state index contributed by atoms with van der Waals surface area (Å²) in [6.45, 7) is 0. The molecule has 2 aromatic carbocycles. The van der Waals surface area contributed by atoms with Crippen molar-refractivity contribution in [1.29, 1.82) is 0 Å². The van der Waals surface area contributed by atoms with E-state index in [0.29, 0.717) is 21.7 Å². The Balaban J connectivity index is 2.37. The Hall–Kier alpha value is -0.750. The number of halogens is 4. The molecule has 0 aliphatic rings. The molecule has 0 spiro atoms. The Morgan fingerprint density at radius 2 is 1.80 bits per heavy atom. The predicted octanol–water partition coefficient (Wildman–Crippen LogP) is 5.44. The van der Waals surface area contributed by atoms with Crippen molar-refractivity contribution < 1.29 is 0 Å². The Morgan fingerprint density at radius 1 is 1.05 bits per heavy atom. The van der Waals surface area contributed by atoms with E-state index in [1.807, 2.05) is 30.3 Å². The van der Waals surface area contributed by atoms with Crippen molar-refractivity contribution in [3.8, 4) is 5.69 Å². The summed E-state index contributed by atoms with van der Waals surface area (Å²) in [6, 6.07) is 9.41. The number of anilines is 1. The van der Waals surface area contributed by atoms with Crippen LogP contribution >= 0.6 is 55.1 Å². The number of fused-ring (bicyclic) bond motifs is 1. The van der Waals surface area contributed by atoms with Crippen molar-refractivity contribution in [2.45, 2.75) is 0 Å². The van der Waals surface area contributed by atoms with E-state index in [9.17, 15) is 0 Å². The van der Waals surface area contributed by atoms with Gasteiger partial charge in [-0.05, 0) is 46.3 Å². The molecule has 3 rings (SSSR count). The standard InChI is InChI=1S/C13H7Br2Cl2N3/c14-6-1-3-8-10(5-6)20(13(18)19-8)9-4-2-7(15)11(16)12(9)17/h1-5H,(H2,18,19). The van der Waals surface area contributed by atoms with Crippen LogP contribution in [-0.4, -0.2) is 9.55 Å². The summed E-state index contributed by atoms with van der Waals surface area (Å²) in [5.74, 6) is 0.360. The zero-order chi connectivity index (χ0) is 14.4. The lowest BCUT2D eigenvalue weighted by atomic mass is 10.3. The zero-order valence-corrected chi connectivity index (χ0v) is 14.6. The molecule has 0 fully saturated rings. The minimum atomic E-state index is 0.360. The van der Waals surface area contributed by atoms with Gasteiger partial charge < -0.3 is 5.73 Å². The first-order valence-electron chi connectivity index (χ1n) is 5.56. The van der Waals surface area contributed by atoms with Gasteiger partial charge in [-0.15, -0.1) is 0 Å². The third-order valence-electron chi connectivity index (χ3n) is 2.90. The SMILES string of the molecule is Nc1nc2ccc(Br)cc2n1-c1ccc(Br)c(Cl)c1Cl. The third kappa shape index (κ3) is 2.22.